The van der Waals surface area contributed by atoms with Crippen LogP contribution < -0.4 is 0 Å². The molecule has 1 unspecified atom stereocenters. The molecule has 1 aliphatic heterocycles. The van der Waals surface area contributed by atoms with Crippen molar-refractivity contribution in [1.82, 2.24) is 19.5 Å². The van der Waals surface area contributed by atoms with Gasteiger partial charge in [-0.2, -0.15) is 0 Å². The van der Waals surface area contributed by atoms with Crippen LogP contribution >= 0.6 is 11.6 Å². The van der Waals surface area contributed by atoms with Gasteiger partial charge in [-0.1, -0.05) is 11.6 Å². The molecule has 8 nitrogen and oxygen atoms in total. The van der Waals surface area contributed by atoms with Gasteiger partial charge in [-0.3, -0.25) is 9.36 Å². The first-order chi connectivity index (χ1) is 12.9. The van der Waals surface area contributed by atoms with E-state index in [-0.39, 0.29) is 0 Å². The second-order valence-electron chi connectivity index (χ2n) is 5.70. The molecule has 0 spiro atoms. The smallest absolute Gasteiger partial charge is 0.300 e. The van der Waals surface area contributed by atoms with Gasteiger partial charge >= 0.3 is 0 Å². The molecule has 0 fully saturated rings. The maximum Gasteiger partial charge on any atom is 0.300 e. The summed E-state index contributed by atoms with van der Waals surface area (Å²) in [7, 11) is 0. The number of aliphatic hydroxyl groups excluding tert-OH is 1. The van der Waals surface area contributed by atoms with Crippen molar-refractivity contribution >= 4 is 23.3 Å². The number of aryl methyl sites for hydroxylation is 1. The third-order valence-electron chi connectivity index (χ3n) is 3.68. The van der Waals surface area contributed by atoms with Crippen molar-refractivity contribution in [2.45, 2.75) is 20.1 Å². The zero-order valence-electron chi connectivity index (χ0n) is 14.5. The maximum absolute atomic E-state index is 10.5. The molecule has 27 heavy (non-hydrogen) atoms. The Morgan fingerprint density at radius 3 is 2.56 bits per heavy atom. The van der Waals surface area contributed by atoms with E-state index in [1.807, 2.05) is 17.6 Å². The average molecular weight is 386 g/mol. The van der Waals surface area contributed by atoms with Gasteiger partial charge < -0.3 is 10.2 Å². The zero-order valence-corrected chi connectivity index (χ0v) is 15.3. The number of benzene rings is 1. The summed E-state index contributed by atoms with van der Waals surface area (Å²) in [6.45, 7) is 3.01. The summed E-state index contributed by atoms with van der Waals surface area (Å²) in [5.74, 6) is 0.0514. The van der Waals surface area contributed by atoms with Crippen LogP contribution in [-0.2, 0) is 4.79 Å². The molecule has 0 saturated carbocycles. The number of hydrogen-bond donors (Lipinski definition) is 2. The van der Waals surface area contributed by atoms with Crippen LogP contribution in [0.5, 0.6) is 0 Å². The molecule has 0 saturated heterocycles. The number of carboxylic acids is 1. The van der Waals surface area contributed by atoms with Crippen LogP contribution in [0.1, 0.15) is 36.1 Å². The number of hydrogen-bond acceptors (Lipinski definition) is 6. The van der Waals surface area contributed by atoms with Crippen molar-refractivity contribution in [3.05, 3.63) is 70.8 Å². The summed E-state index contributed by atoms with van der Waals surface area (Å²) in [5.41, 5.74) is 2.97. The lowest BCUT2D eigenvalue weighted by Crippen LogP contribution is -2.11. The predicted molar refractivity (Wildman–Crippen MR) is 99.3 cm³/mol. The number of carbonyl (C=O) groups is 1. The average Bonchev–Trinajstić information content (AvgIpc) is 2.96. The van der Waals surface area contributed by atoms with Crippen molar-refractivity contribution in [1.29, 1.82) is 0 Å². The number of nitrogens with zero attached hydrogens (tertiary/aromatic N) is 5. The zero-order chi connectivity index (χ0) is 19.6. The lowest BCUT2D eigenvalue weighted by atomic mass is 10.1. The molecule has 1 aromatic carbocycles. The lowest BCUT2D eigenvalue weighted by Gasteiger charge is -2.12. The minimum absolute atomic E-state index is 0.429. The van der Waals surface area contributed by atoms with Crippen LogP contribution in [0.25, 0.3) is 5.69 Å². The molecule has 0 amide bonds. The number of aliphatic carboxylic acids is 1. The summed E-state index contributed by atoms with van der Waals surface area (Å²) >= 11 is 6.18. The highest BCUT2D eigenvalue weighted by Crippen LogP contribution is 2.31. The first-order valence-corrected chi connectivity index (χ1v) is 8.33. The van der Waals surface area contributed by atoms with Gasteiger partial charge in [-0.15, -0.1) is 0 Å². The van der Waals surface area contributed by atoms with Crippen LogP contribution in [0.3, 0.4) is 0 Å². The van der Waals surface area contributed by atoms with Crippen molar-refractivity contribution in [3.8, 4) is 5.69 Å². The van der Waals surface area contributed by atoms with E-state index in [1.165, 1.54) is 0 Å². The Morgan fingerprint density at radius 1 is 1.22 bits per heavy atom. The molecule has 3 aromatic rings. The van der Waals surface area contributed by atoms with Gasteiger partial charge in [0.15, 0.2) is 11.6 Å². The normalized spacial score (nSPS) is 14.8. The van der Waals surface area contributed by atoms with Gasteiger partial charge in [0.25, 0.3) is 5.97 Å². The molecule has 2 N–H and O–H groups in total. The first kappa shape index (κ1) is 18.7. The molecule has 0 radical (unpaired) electrons. The molecule has 4 rings (SSSR count). The number of carboxylic acid groups (broad SMARTS) is 1. The standard InChI is InChI=1S/C16H12ClN5O.C2H4O2/c1-9-8-20-15-16(23)21-13(14-18-5-2-6-19-14)11-7-10(17)3-4-12(11)22(9)15;1-2(3)4/h2-8,16,23H,1H3;1H3,(H,3,4). The van der Waals surface area contributed by atoms with E-state index in [0.29, 0.717) is 22.4 Å². The molecular weight excluding hydrogens is 370 g/mol. The predicted octanol–water partition coefficient (Wildman–Crippen LogP) is 2.56. The highest BCUT2D eigenvalue weighted by Gasteiger charge is 2.26. The van der Waals surface area contributed by atoms with E-state index in [2.05, 4.69) is 19.9 Å². The largest absolute Gasteiger partial charge is 0.481 e. The van der Waals surface area contributed by atoms with Crippen molar-refractivity contribution in [2.75, 3.05) is 0 Å². The minimum Gasteiger partial charge on any atom is -0.481 e. The van der Waals surface area contributed by atoms with E-state index in [4.69, 9.17) is 21.5 Å². The molecule has 0 aliphatic carbocycles. The highest BCUT2D eigenvalue weighted by molar-refractivity contribution is 6.31. The Labute approximate surface area is 159 Å². The Bertz CT molecular complexity index is 1010. The van der Waals surface area contributed by atoms with Crippen LogP contribution in [0.2, 0.25) is 5.02 Å². The number of fused-ring (bicyclic) bond motifs is 3. The Kier molecular flexibility index (Phi) is 5.29. The van der Waals surface area contributed by atoms with E-state index in [1.54, 1.807) is 36.8 Å². The Hall–Kier alpha value is -3.10. The lowest BCUT2D eigenvalue weighted by molar-refractivity contribution is -0.134. The second-order valence-corrected chi connectivity index (χ2v) is 6.13. The van der Waals surface area contributed by atoms with Crippen LogP contribution in [0.4, 0.5) is 0 Å². The summed E-state index contributed by atoms with van der Waals surface area (Å²) in [5, 5.41) is 18.5. The van der Waals surface area contributed by atoms with Gasteiger partial charge in [-0.25, -0.2) is 19.9 Å². The van der Waals surface area contributed by atoms with Gasteiger partial charge in [0.05, 0.1) is 5.69 Å². The Morgan fingerprint density at radius 2 is 1.89 bits per heavy atom. The monoisotopic (exact) mass is 385 g/mol. The van der Waals surface area contributed by atoms with Gasteiger partial charge in [0.1, 0.15) is 5.71 Å². The van der Waals surface area contributed by atoms with Gasteiger partial charge in [0.2, 0.25) is 6.23 Å². The second kappa shape index (κ2) is 7.65. The highest BCUT2D eigenvalue weighted by atomic mass is 35.5. The van der Waals surface area contributed by atoms with Crippen molar-refractivity contribution in [2.24, 2.45) is 4.99 Å². The third kappa shape index (κ3) is 3.86. The summed E-state index contributed by atoms with van der Waals surface area (Å²) < 4.78 is 1.87. The van der Waals surface area contributed by atoms with Gasteiger partial charge in [0, 0.05) is 41.8 Å². The quantitative estimate of drug-likeness (QED) is 0.665. The number of imidazole rings is 1. The first-order valence-electron chi connectivity index (χ1n) is 7.96. The fraction of sp³-hybridized carbons (Fsp3) is 0.167. The number of aliphatic imine (C=N–C) groups is 1. The van der Waals surface area contributed by atoms with E-state index >= 15 is 0 Å². The van der Waals surface area contributed by atoms with Crippen LogP contribution in [-0.4, -0.2) is 41.4 Å². The van der Waals surface area contributed by atoms with E-state index < -0.39 is 12.2 Å². The third-order valence-corrected chi connectivity index (χ3v) is 3.92. The SMILES string of the molecule is CC(=O)O.Cc1cnc2n1-c1ccc(Cl)cc1C(c1ncccn1)=NC2O. The molecule has 2 aromatic heterocycles. The van der Waals surface area contributed by atoms with E-state index in [0.717, 1.165) is 23.9 Å². The van der Waals surface area contributed by atoms with Crippen LogP contribution in [0, 0.1) is 6.92 Å². The Balaban J connectivity index is 0.000000481. The number of aromatic nitrogens is 4. The van der Waals surface area contributed by atoms with E-state index in [9.17, 15) is 5.11 Å². The number of aliphatic hydroxyl groups is 1. The molecule has 1 aliphatic rings. The molecule has 1 atom stereocenters. The van der Waals surface area contributed by atoms with Crippen molar-refractivity contribution in [3.63, 3.8) is 0 Å². The maximum atomic E-state index is 10.5. The fourth-order valence-electron chi connectivity index (χ4n) is 2.69. The summed E-state index contributed by atoms with van der Waals surface area (Å²) in [4.78, 5) is 26.2. The van der Waals surface area contributed by atoms with Crippen molar-refractivity contribution < 1.29 is 15.0 Å². The summed E-state index contributed by atoms with van der Waals surface area (Å²) in [6.07, 6.45) is 3.87. The molecular formula is C18H16ClN5O3. The number of halogens is 1. The molecule has 9 heteroatoms. The van der Waals surface area contributed by atoms with Crippen LogP contribution in [0.15, 0.2) is 47.8 Å². The number of rotatable bonds is 1. The summed E-state index contributed by atoms with van der Waals surface area (Å²) in [6, 6.07) is 7.20. The molecule has 138 valence electrons. The minimum atomic E-state index is -1.10. The molecule has 3 heterocycles. The van der Waals surface area contributed by atoms with Gasteiger partial charge in [-0.05, 0) is 31.2 Å². The topological polar surface area (TPSA) is 113 Å². The molecule has 0 bridgehead atoms. The fourth-order valence-corrected chi connectivity index (χ4v) is 2.87.